The number of nitrogens with zero attached hydrogens (tertiary/aromatic N) is 4. The van der Waals surface area contributed by atoms with Crippen molar-refractivity contribution in [2.24, 2.45) is 0 Å². The van der Waals surface area contributed by atoms with Gasteiger partial charge in [-0.3, -0.25) is 4.40 Å². The topological polar surface area (TPSA) is 46.6 Å². The zero-order valence-corrected chi connectivity index (χ0v) is 13.3. The Kier molecular flexibility index (Phi) is 4.11. The molecule has 1 fully saturated rings. The van der Waals surface area contributed by atoms with Crippen LogP contribution in [0.1, 0.15) is 36.8 Å². The van der Waals surface area contributed by atoms with E-state index in [9.17, 15) is 0 Å². The average molecular weight is 310 g/mol. The predicted octanol–water partition coefficient (Wildman–Crippen LogP) is 3.13. The number of aromatic nitrogens is 3. The molecule has 0 saturated carbocycles. The summed E-state index contributed by atoms with van der Waals surface area (Å²) in [6.45, 7) is 3.38. The van der Waals surface area contributed by atoms with Crippen LogP contribution in [-0.2, 0) is 6.42 Å². The van der Waals surface area contributed by atoms with E-state index in [1.807, 2.05) is 24.3 Å². The Bertz CT molecular complexity index is 749. The lowest BCUT2D eigenvalue weighted by Gasteiger charge is -2.31. The van der Waals surface area contributed by atoms with Gasteiger partial charge in [0.1, 0.15) is 11.6 Å². The largest absolute Gasteiger partial charge is 0.469 e. The Morgan fingerprint density at radius 1 is 1.17 bits per heavy atom. The van der Waals surface area contributed by atoms with Crippen LogP contribution in [0.5, 0.6) is 0 Å². The average Bonchev–Trinajstić information content (AvgIpc) is 3.24. The minimum Gasteiger partial charge on any atom is -0.469 e. The molecule has 0 radical (unpaired) electrons. The van der Waals surface area contributed by atoms with Gasteiger partial charge in [-0.25, -0.2) is 0 Å². The van der Waals surface area contributed by atoms with Gasteiger partial charge in [0.15, 0.2) is 5.65 Å². The SMILES string of the molecule is c1coc(CCCN2CCC[C@H](c3nnc4ccccn34)C2)c1. The number of hydrogen-bond acceptors (Lipinski definition) is 4. The van der Waals surface area contributed by atoms with Crippen LogP contribution in [0.15, 0.2) is 47.2 Å². The summed E-state index contributed by atoms with van der Waals surface area (Å²) in [6.07, 6.45) is 8.41. The molecule has 3 aromatic heterocycles. The number of furan rings is 1. The molecule has 3 aromatic rings. The van der Waals surface area contributed by atoms with Crippen LogP contribution in [0.2, 0.25) is 0 Å². The van der Waals surface area contributed by atoms with E-state index in [1.165, 1.54) is 19.4 Å². The highest BCUT2D eigenvalue weighted by molar-refractivity contribution is 5.37. The molecule has 0 aromatic carbocycles. The maximum absolute atomic E-state index is 5.41. The van der Waals surface area contributed by atoms with Crippen molar-refractivity contribution in [3.05, 3.63) is 54.4 Å². The number of aryl methyl sites for hydroxylation is 1. The first-order valence-corrected chi connectivity index (χ1v) is 8.44. The minimum atomic E-state index is 0.477. The van der Waals surface area contributed by atoms with Crippen molar-refractivity contribution < 1.29 is 4.42 Å². The van der Waals surface area contributed by atoms with E-state index < -0.39 is 0 Å². The number of fused-ring (bicyclic) bond motifs is 1. The summed E-state index contributed by atoms with van der Waals surface area (Å²) in [4.78, 5) is 2.56. The zero-order valence-electron chi connectivity index (χ0n) is 13.3. The third kappa shape index (κ3) is 3.15. The highest BCUT2D eigenvalue weighted by Gasteiger charge is 2.24. The summed E-state index contributed by atoms with van der Waals surface area (Å²) in [6, 6.07) is 10.1. The molecule has 4 heterocycles. The number of pyridine rings is 1. The molecule has 1 aliphatic heterocycles. The fourth-order valence-electron chi connectivity index (χ4n) is 3.54. The molecule has 1 aliphatic rings. The second-order valence-corrected chi connectivity index (χ2v) is 6.31. The van der Waals surface area contributed by atoms with Crippen molar-refractivity contribution >= 4 is 5.65 Å². The summed E-state index contributed by atoms with van der Waals surface area (Å²) >= 11 is 0. The van der Waals surface area contributed by atoms with Gasteiger partial charge in [0, 0.05) is 25.1 Å². The second-order valence-electron chi connectivity index (χ2n) is 6.31. The molecule has 1 saturated heterocycles. The third-order valence-electron chi connectivity index (χ3n) is 4.69. The van der Waals surface area contributed by atoms with Crippen molar-refractivity contribution in [1.82, 2.24) is 19.5 Å². The van der Waals surface area contributed by atoms with Gasteiger partial charge in [-0.2, -0.15) is 0 Å². The first kappa shape index (κ1) is 14.5. The highest BCUT2D eigenvalue weighted by Crippen LogP contribution is 2.26. The molecule has 1 atom stereocenters. The lowest BCUT2D eigenvalue weighted by atomic mass is 9.97. The number of hydrogen-bond donors (Lipinski definition) is 0. The van der Waals surface area contributed by atoms with Gasteiger partial charge in [0.25, 0.3) is 0 Å². The van der Waals surface area contributed by atoms with Crippen molar-refractivity contribution in [1.29, 1.82) is 0 Å². The van der Waals surface area contributed by atoms with E-state index in [-0.39, 0.29) is 0 Å². The Balaban J connectivity index is 1.39. The molecule has 0 amide bonds. The summed E-state index contributed by atoms with van der Waals surface area (Å²) < 4.78 is 7.55. The van der Waals surface area contributed by atoms with Crippen molar-refractivity contribution in [2.45, 2.75) is 31.6 Å². The third-order valence-corrected chi connectivity index (χ3v) is 4.69. The lowest BCUT2D eigenvalue weighted by molar-refractivity contribution is 0.200. The molecular weight excluding hydrogens is 288 g/mol. The quantitative estimate of drug-likeness (QED) is 0.726. The molecule has 0 aliphatic carbocycles. The molecular formula is C18H22N4O. The molecule has 0 bridgehead atoms. The summed E-state index contributed by atoms with van der Waals surface area (Å²) in [5.74, 6) is 2.67. The molecule has 4 rings (SSSR count). The fraction of sp³-hybridized carbons (Fsp3) is 0.444. The number of rotatable bonds is 5. The zero-order chi connectivity index (χ0) is 15.5. The van der Waals surface area contributed by atoms with Crippen LogP contribution in [0.25, 0.3) is 5.65 Å². The van der Waals surface area contributed by atoms with Gasteiger partial charge in [-0.1, -0.05) is 6.07 Å². The van der Waals surface area contributed by atoms with E-state index in [0.29, 0.717) is 5.92 Å². The molecule has 0 unspecified atom stereocenters. The van der Waals surface area contributed by atoms with Crippen LogP contribution < -0.4 is 0 Å². The minimum absolute atomic E-state index is 0.477. The van der Waals surface area contributed by atoms with Crippen molar-refractivity contribution in [2.75, 3.05) is 19.6 Å². The van der Waals surface area contributed by atoms with Crippen LogP contribution in [-0.4, -0.2) is 39.1 Å². The van der Waals surface area contributed by atoms with Gasteiger partial charge in [0.05, 0.1) is 6.26 Å². The Morgan fingerprint density at radius 3 is 3.09 bits per heavy atom. The van der Waals surface area contributed by atoms with E-state index in [4.69, 9.17) is 4.42 Å². The Hall–Kier alpha value is -2.14. The van der Waals surface area contributed by atoms with Gasteiger partial charge >= 0.3 is 0 Å². The first-order chi connectivity index (χ1) is 11.4. The summed E-state index contributed by atoms with van der Waals surface area (Å²) in [7, 11) is 0. The van der Waals surface area contributed by atoms with Gasteiger partial charge in [-0.05, 0) is 56.6 Å². The van der Waals surface area contributed by atoms with Crippen molar-refractivity contribution in [3.63, 3.8) is 0 Å². The first-order valence-electron chi connectivity index (χ1n) is 8.44. The van der Waals surface area contributed by atoms with E-state index in [2.05, 4.69) is 31.8 Å². The van der Waals surface area contributed by atoms with Gasteiger partial charge in [-0.15, -0.1) is 10.2 Å². The van der Waals surface area contributed by atoms with E-state index in [1.54, 1.807) is 6.26 Å². The Morgan fingerprint density at radius 2 is 2.17 bits per heavy atom. The molecule has 23 heavy (non-hydrogen) atoms. The monoisotopic (exact) mass is 310 g/mol. The lowest BCUT2D eigenvalue weighted by Crippen LogP contribution is -2.35. The maximum Gasteiger partial charge on any atom is 0.160 e. The number of piperidine rings is 1. The summed E-state index contributed by atoms with van der Waals surface area (Å²) in [5, 5.41) is 8.74. The summed E-state index contributed by atoms with van der Waals surface area (Å²) in [5.41, 5.74) is 0.942. The van der Waals surface area contributed by atoms with Crippen LogP contribution in [0.4, 0.5) is 0 Å². The van der Waals surface area contributed by atoms with Gasteiger partial charge < -0.3 is 9.32 Å². The Labute approximate surface area is 135 Å². The van der Waals surface area contributed by atoms with E-state index in [0.717, 1.165) is 43.2 Å². The predicted molar refractivity (Wildman–Crippen MR) is 88.4 cm³/mol. The van der Waals surface area contributed by atoms with Crippen LogP contribution in [0, 0.1) is 0 Å². The smallest absolute Gasteiger partial charge is 0.160 e. The van der Waals surface area contributed by atoms with Crippen molar-refractivity contribution in [3.8, 4) is 0 Å². The normalized spacial score (nSPS) is 19.4. The number of likely N-dealkylation sites (tertiary alicyclic amines) is 1. The van der Waals surface area contributed by atoms with Crippen LogP contribution in [0.3, 0.4) is 0 Å². The molecule has 5 nitrogen and oxygen atoms in total. The molecule has 5 heteroatoms. The second kappa shape index (κ2) is 6.54. The maximum atomic E-state index is 5.41. The van der Waals surface area contributed by atoms with E-state index >= 15 is 0 Å². The van der Waals surface area contributed by atoms with Crippen LogP contribution >= 0.6 is 0 Å². The molecule has 0 N–H and O–H groups in total. The standard InChI is InChI=1S/C18H22N4O/c1-2-12-22-17(9-1)19-20-18(22)15-6-3-10-21(14-15)11-4-7-16-8-5-13-23-16/h1-2,5,8-9,12-13,15H,3-4,6-7,10-11,14H2/t15-/m0/s1. The fourth-order valence-corrected chi connectivity index (χ4v) is 3.54. The highest BCUT2D eigenvalue weighted by atomic mass is 16.3. The molecule has 0 spiro atoms. The molecule has 120 valence electrons. The van der Waals surface area contributed by atoms with Gasteiger partial charge in [0.2, 0.25) is 0 Å².